The number of hydrogen-bond acceptors (Lipinski definition) is 2. The molecule has 4 aromatic rings. The first kappa shape index (κ1) is 20.1. The summed E-state index contributed by atoms with van der Waals surface area (Å²) in [4.78, 5) is 2.28. The predicted molar refractivity (Wildman–Crippen MR) is 118 cm³/mol. The van der Waals surface area contributed by atoms with Crippen LogP contribution in [0.5, 0.6) is 0 Å². The molecule has 5 heteroatoms. The molecule has 1 fully saturated rings. The van der Waals surface area contributed by atoms with Gasteiger partial charge in [-0.1, -0.05) is 54.6 Å². The number of hydrogen-bond donors (Lipinski definition) is 1. The fraction of sp³-hybridized carbons (Fsp3) is 0.273. The van der Waals surface area contributed by atoms with E-state index in [4.69, 9.17) is 0 Å². The van der Waals surface area contributed by atoms with E-state index in [1.165, 1.54) is 32.3 Å². The Labute approximate surface area is 170 Å². The summed E-state index contributed by atoms with van der Waals surface area (Å²) < 4.78 is 14.1. The molecule has 0 aliphatic carbocycles. The molecule has 1 aliphatic rings. The quantitative estimate of drug-likeness (QED) is 0.463. The lowest BCUT2D eigenvalue weighted by Crippen LogP contribution is -2.45. The summed E-state index contributed by atoms with van der Waals surface area (Å²) in [6, 6.07) is 19.3. The topological polar surface area (TPSA) is 15.3 Å². The maximum atomic E-state index is 14.1. The summed E-state index contributed by atoms with van der Waals surface area (Å²) in [6.45, 7) is 3.32. The van der Waals surface area contributed by atoms with Crippen molar-refractivity contribution in [3.8, 4) is 0 Å². The maximum absolute atomic E-state index is 14.1. The van der Waals surface area contributed by atoms with Gasteiger partial charge in [0.05, 0.1) is 6.04 Å². The fourth-order valence-corrected chi connectivity index (χ4v) is 4.42. The molecule has 0 aromatic heterocycles. The number of benzene rings is 4. The highest BCUT2D eigenvalue weighted by Crippen LogP contribution is 2.38. The van der Waals surface area contributed by atoms with E-state index in [1.807, 2.05) is 0 Å². The van der Waals surface area contributed by atoms with Crippen LogP contribution in [0.4, 0.5) is 4.39 Å². The standard InChI is InChI=1S/C22H21FN2.2ClH/c23-14-20(25-12-10-24-11-13-25)18-8-6-17-5-4-15-2-1-3-16-7-9-19(18)22(17)21(15)16;;/h1-9,20,24H,10-14H2;2*1H/t20-;;/m0../s1. The van der Waals surface area contributed by atoms with Crippen molar-refractivity contribution < 1.29 is 4.39 Å². The van der Waals surface area contributed by atoms with Gasteiger partial charge in [0.1, 0.15) is 6.67 Å². The van der Waals surface area contributed by atoms with Crippen molar-refractivity contribution in [2.75, 3.05) is 32.9 Å². The average molecular weight is 405 g/mol. The number of rotatable bonds is 3. The molecule has 1 aliphatic heterocycles. The van der Waals surface area contributed by atoms with Crippen LogP contribution in [0.1, 0.15) is 11.6 Å². The van der Waals surface area contributed by atoms with Gasteiger partial charge in [-0.25, -0.2) is 4.39 Å². The summed E-state index contributed by atoms with van der Waals surface area (Å²) in [5.41, 5.74) is 1.12. The normalized spacial score (nSPS) is 16.3. The highest BCUT2D eigenvalue weighted by atomic mass is 35.5. The van der Waals surface area contributed by atoms with E-state index in [9.17, 15) is 4.39 Å². The van der Waals surface area contributed by atoms with E-state index in [0.29, 0.717) is 0 Å². The zero-order valence-electron chi connectivity index (χ0n) is 15.0. The van der Waals surface area contributed by atoms with E-state index in [1.54, 1.807) is 0 Å². The summed E-state index contributed by atoms with van der Waals surface area (Å²) >= 11 is 0. The third kappa shape index (κ3) is 3.23. The Hall–Kier alpha value is -1.65. The molecule has 0 radical (unpaired) electrons. The molecule has 27 heavy (non-hydrogen) atoms. The second-order valence-corrected chi connectivity index (χ2v) is 6.97. The van der Waals surface area contributed by atoms with Gasteiger partial charge in [0.2, 0.25) is 0 Å². The highest BCUT2D eigenvalue weighted by Gasteiger charge is 2.24. The molecule has 0 saturated carbocycles. The van der Waals surface area contributed by atoms with Crippen molar-refractivity contribution in [1.82, 2.24) is 10.2 Å². The van der Waals surface area contributed by atoms with Gasteiger partial charge < -0.3 is 5.32 Å². The van der Waals surface area contributed by atoms with Crippen molar-refractivity contribution in [2.24, 2.45) is 0 Å². The van der Waals surface area contributed by atoms with Crippen LogP contribution in [-0.2, 0) is 0 Å². The molecule has 0 bridgehead atoms. The van der Waals surface area contributed by atoms with Crippen molar-refractivity contribution in [2.45, 2.75) is 6.04 Å². The van der Waals surface area contributed by atoms with Crippen LogP contribution in [-0.4, -0.2) is 37.8 Å². The third-order valence-corrected chi connectivity index (χ3v) is 5.66. The second-order valence-electron chi connectivity index (χ2n) is 6.97. The molecule has 0 amide bonds. The minimum Gasteiger partial charge on any atom is -0.314 e. The zero-order valence-corrected chi connectivity index (χ0v) is 16.6. The number of piperazine rings is 1. The minimum absolute atomic E-state index is 0. The minimum atomic E-state index is -0.343. The number of alkyl halides is 1. The molecular weight excluding hydrogens is 382 g/mol. The lowest BCUT2D eigenvalue weighted by molar-refractivity contribution is 0.148. The van der Waals surface area contributed by atoms with E-state index in [-0.39, 0.29) is 37.5 Å². The highest BCUT2D eigenvalue weighted by molar-refractivity contribution is 6.23. The Balaban J connectivity index is 0.00000105. The van der Waals surface area contributed by atoms with Gasteiger partial charge in [-0.15, -0.1) is 24.8 Å². The Morgan fingerprint density at radius 3 is 2.07 bits per heavy atom. The lowest BCUT2D eigenvalue weighted by atomic mass is 9.89. The Bertz CT molecular complexity index is 1030. The SMILES string of the molecule is Cl.Cl.FC[C@@H](c1ccc2ccc3cccc4ccc1c2c34)N1CCNCC1. The van der Waals surface area contributed by atoms with Crippen LogP contribution < -0.4 is 5.32 Å². The van der Waals surface area contributed by atoms with Crippen LogP contribution in [0.15, 0.2) is 54.6 Å². The molecule has 0 spiro atoms. The van der Waals surface area contributed by atoms with E-state index in [0.717, 1.165) is 31.7 Å². The molecule has 4 aromatic carbocycles. The van der Waals surface area contributed by atoms with Crippen LogP contribution in [0.25, 0.3) is 32.3 Å². The van der Waals surface area contributed by atoms with E-state index >= 15 is 0 Å². The first-order chi connectivity index (χ1) is 12.4. The number of nitrogens with one attached hydrogen (secondary N) is 1. The van der Waals surface area contributed by atoms with E-state index in [2.05, 4.69) is 64.8 Å². The Morgan fingerprint density at radius 2 is 1.41 bits per heavy atom. The molecule has 0 unspecified atom stereocenters. The van der Waals surface area contributed by atoms with Crippen molar-refractivity contribution in [3.05, 3.63) is 60.2 Å². The lowest BCUT2D eigenvalue weighted by Gasteiger charge is -2.34. The van der Waals surface area contributed by atoms with Gasteiger partial charge >= 0.3 is 0 Å². The van der Waals surface area contributed by atoms with Gasteiger partial charge in [0, 0.05) is 26.2 Å². The third-order valence-electron chi connectivity index (χ3n) is 5.66. The first-order valence-corrected chi connectivity index (χ1v) is 9.04. The summed E-state index contributed by atoms with van der Waals surface area (Å²) in [7, 11) is 0. The van der Waals surface area contributed by atoms with E-state index < -0.39 is 0 Å². The van der Waals surface area contributed by atoms with Crippen molar-refractivity contribution in [3.63, 3.8) is 0 Å². The monoisotopic (exact) mass is 404 g/mol. The molecule has 5 rings (SSSR count). The van der Waals surface area contributed by atoms with Gasteiger partial charge in [0.15, 0.2) is 0 Å². The van der Waals surface area contributed by atoms with Gasteiger partial charge in [0.25, 0.3) is 0 Å². The average Bonchev–Trinajstić information content (AvgIpc) is 2.68. The molecule has 142 valence electrons. The molecule has 2 nitrogen and oxygen atoms in total. The van der Waals surface area contributed by atoms with Crippen LogP contribution >= 0.6 is 24.8 Å². The first-order valence-electron chi connectivity index (χ1n) is 9.04. The molecule has 1 N–H and O–H groups in total. The number of halogens is 3. The summed E-state index contributed by atoms with van der Waals surface area (Å²) in [5, 5.41) is 10.9. The van der Waals surface area contributed by atoms with Gasteiger partial charge in [-0.3, -0.25) is 4.90 Å². The molecule has 1 saturated heterocycles. The fourth-order valence-electron chi connectivity index (χ4n) is 4.42. The zero-order chi connectivity index (χ0) is 16.8. The van der Waals surface area contributed by atoms with Gasteiger partial charge in [-0.05, 0) is 37.9 Å². The molecular formula is C22H23Cl2FN2. The van der Waals surface area contributed by atoms with Crippen LogP contribution in [0.2, 0.25) is 0 Å². The predicted octanol–water partition coefficient (Wildman–Crippen LogP) is 5.34. The van der Waals surface area contributed by atoms with Gasteiger partial charge in [-0.2, -0.15) is 0 Å². The molecule has 1 heterocycles. The smallest absolute Gasteiger partial charge is 0.109 e. The Kier molecular flexibility index (Phi) is 6.07. The largest absolute Gasteiger partial charge is 0.314 e. The van der Waals surface area contributed by atoms with Crippen LogP contribution in [0.3, 0.4) is 0 Å². The Morgan fingerprint density at radius 1 is 0.815 bits per heavy atom. The summed E-state index contributed by atoms with van der Waals surface area (Å²) in [5.74, 6) is 0. The second kappa shape index (κ2) is 8.15. The van der Waals surface area contributed by atoms with Crippen LogP contribution in [0, 0.1) is 0 Å². The summed E-state index contributed by atoms with van der Waals surface area (Å²) in [6.07, 6.45) is 0. The van der Waals surface area contributed by atoms with Crippen molar-refractivity contribution >= 4 is 57.1 Å². The maximum Gasteiger partial charge on any atom is 0.109 e. The number of nitrogens with zero attached hydrogens (tertiary/aromatic N) is 1. The van der Waals surface area contributed by atoms with Crippen molar-refractivity contribution in [1.29, 1.82) is 0 Å². The molecule has 1 atom stereocenters.